The van der Waals surface area contributed by atoms with Gasteiger partial charge in [0.1, 0.15) is 0 Å². The van der Waals surface area contributed by atoms with E-state index in [0.29, 0.717) is 22.5 Å². The van der Waals surface area contributed by atoms with Crippen LogP contribution in [-0.4, -0.2) is 28.3 Å². The summed E-state index contributed by atoms with van der Waals surface area (Å²) in [6.45, 7) is 6.64. The molecule has 0 aliphatic carbocycles. The number of rotatable bonds is 11. The highest BCUT2D eigenvalue weighted by Crippen LogP contribution is 2.40. The van der Waals surface area contributed by atoms with Crippen LogP contribution in [0.5, 0.6) is 5.88 Å². The highest BCUT2D eigenvalue weighted by molar-refractivity contribution is 7.98. The number of benzene rings is 3. The molecule has 0 saturated heterocycles. The van der Waals surface area contributed by atoms with Gasteiger partial charge in [0, 0.05) is 46.4 Å². The van der Waals surface area contributed by atoms with Gasteiger partial charge in [-0.3, -0.25) is 0 Å². The van der Waals surface area contributed by atoms with Gasteiger partial charge in [-0.2, -0.15) is 4.98 Å². The van der Waals surface area contributed by atoms with Crippen LogP contribution in [0.3, 0.4) is 0 Å². The number of ether oxygens (including phenoxy) is 1. The molecule has 39 heavy (non-hydrogen) atoms. The zero-order chi connectivity index (χ0) is 27.0. The van der Waals surface area contributed by atoms with Gasteiger partial charge in [0.15, 0.2) is 11.9 Å². The van der Waals surface area contributed by atoms with Crippen molar-refractivity contribution in [2.45, 2.75) is 56.7 Å². The maximum Gasteiger partial charge on any atom is 0.247 e. The number of hydrogen-bond donors (Lipinski definition) is 1. The normalized spacial score (nSPS) is 14.0. The molecule has 0 radical (unpaired) electrons. The van der Waals surface area contributed by atoms with Crippen molar-refractivity contribution in [1.29, 1.82) is 0 Å². The Kier molecular flexibility index (Phi) is 9.22. The third-order valence-corrected chi connectivity index (χ3v) is 7.90. The molecule has 8 heteroatoms. The molecule has 0 fully saturated rings. The zero-order valence-corrected chi connectivity index (χ0v) is 24.0. The predicted molar refractivity (Wildman–Crippen MR) is 162 cm³/mol. The van der Waals surface area contributed by atoms with Crippen molar-refractivity contribution in [2.75, 3.05) is 23.3 Å². The van der Waals surface area contributed by atoms with E-state index in [1.807, 2.05) is 48.5 Å². The molecule has 0 bridgehead atoms. The average molecular weight is 560 g/mol. The van der Waals surface area contributed by atoms with Crippen LogP contribution in [0.1, 0.15) is 56.9 Å². The molecule has 0 amide bonds. The largest absolute Gasteiger partial charge is 0.448 e. The second-order valence-electron chi connectivity index (χ2n) is 9.64. The van der Waals surface area contributed by atoms with Gasteiger partial charge in [-0.05, 0) is 48.7 Å². The van der Waals surface area contributed by atoms with Crippen LogP contribution in [0.15, 0.2) is 78.0 Å². The molecule has 0 unspecified atom stereocenters. The number of fused-ring (bicyclic) bond motifs is 3. The van der Waals surface area contributed by atoms with E-state index in [-0.39, 0.29) is 0 Å². The molecule has 5 rings (SSSR count). The number of anilines is 2. The summed E-state index contributed by atoms with van der Waals surface area (Å²) in [4.78, 5) is 7.28. The molecule has 4 aromatic rings. The third-order valence-electron chi connectivity index (χ3n) is 6.74. The Labute approximate surface area is 240 Å². The Morgan fingerprint density at radius 1 is 0.897 bits per heavy atom. The second-order valence-corrected chi connectivity index (χ2v) is 11.0. The van der Waals surface area contributed by atoms with Crippen molar-refractivity contribution in [1.82, 2.24) is 15.2 Å². The van der Waals surface area contributed by atoms with E-state index >= 15 is 0 Å². The van der Waals surface area contributed by atoms with E-state index in [9.17, 15) is 0 Å². The monoisotopic (exact) mass is 559 g/mol. The second kappa shape index (κ2) is 13.2. The van der Waals surface area contributed by atoms with Crippen LogP contribution in [0, 0.1) is 0 Å². The molecule has 202 valence electrons. The van der Waals surface area contributed by atoms with Crippen LogP contribution in [0.25, 0.3) is 11.3 Å². The Hall–Kier alpha value is -3.29. The van der Waals surface area contributed by atoms with Crippen molar-refractivity contribution in [3.8, 4) is 17.1 Å². The van der Waals surface area contributed by atoms with Gasteiger partial charge < -0.3 is 15.0 Å². The summed E-state index contributed by atoms with van der Waals surface area (Å²) in [6.07, 6.45) is 4.35. The van der Waals surface area contributed by atoms with E-state index in [1.54, 1.807) is 0 Å². The number of aromatic nitrogens is 3. The number of halogens is 1. The standard InChI is InChI=1S/C31H34ClN5OS/c1-3-5-19-37(20-6-4-2)25-17-13-23(14-18-25)29-33-27-10-8-7-9-26(27)28-30(38-29)34-31(36-35-28)39-21-22-11-15-24(32)16-12-22/h7-18,29,33H,3-6,19-21H2,1-2H3/t29-/m0/s1. The van der Waals surface area contributed by atoms with Crippen LogP contribution in [0.4, 0.5) is 11.4 Å². The first-order valence-corrected chi connectivity index (χ1v) is 15.0. The molecule has 0 saturated carbocycles. The lowest BCUT2D eigenvalue weighted by atomic mass is 10.1. The molecule has 6 nitrogen and oxygen atoms in total. The number of hydrogen-bond acceptors (Lipinski definition) is 7. The number of unbranched alkanes of at least 4 members (excludes halogenated alkanes) is 2. The molecule has 1 N–H and O–H groups in total. The zero-order valence-electron chi connectivity index (χ0n) is 22.4. The van der Waals surface area contributed by atoms with Crippen molar-refractivity contribution in [2.24, 2.45) is 0 Å². The van der Waals surface area contributed by atoms with Crippen molar-refractivity contribution in [3.05, 3.63) is 88.9 Å². The fourth-order valence-corrected chi connectivity index (χ4v) is 5.38. The minimum absolute atomic E-state index is 0.410. The molecular weight excluding hydrogens is 526 g/mol. The summed E-state index contributed by atoms with van der Waals surface area (Å²) >= 11 is 7.55. The first-order chi connectivity index (χ1) is 19.1. The molecule has 1 aliphatic rings. The van der Waals surface area contributed by atoms with Crippen LogP contribution in [0.2, 0.25) is 5.02 Å². The van der Waals surface area contributed by atoms with Crippen LogP contribution in [-0.2, 0) is 5.75 Å². The lowest BCUT2D eigenvalue weighted by Gasteiger charge is -2.26. The third kappa shape index (κ3) is 6.84. The fraction of sp³-hybridized carbons (Fsp3) is 0.323. The Morgan fingerprint density at radius 3 is 2.33 bits per heavy atom. The molecule has 0 spiro atoms. The maximum absolute atomic E-state index is 6.49. The Bertz CT molecular complexity index is 1360. The van der Waals surface area contributed by atoms with Gasteiger partial charge in [-0.1, -0.05) is 92.5 Å². The first-order valence-electron chi connectivity index (χ1n) is 13.6. The van der Waals surface area contributed by atoms with Gasteiger partial charge in [0.25, 0.3) is 0 Å². The van der Waals surface area contributed by atoms with Gasteiger partial charge >= 0.3 is 0 Å². The lowest BCUT2D eigenvalue weighted by Crippen LogP contribution is -2.25. The number of nitrogens with zero attached hydrogens (tertiary/aromatic N) is 4. The minimum Gasteiger partial charge on any atom is -0.448 e. The summed E-state index contributed by atoms with van der Waals surface area (Å²) < 4.78 is 6.49. The van der Waals surface area contributed by atoms with Gasteiger partial charge in [-0.15, -0.1) is 10.2 Å². The topological polar surface area (TPSA) is 63.2 Å². The average Bonchev–Trinajstić information content (AvgIpc) is 3.14. The highest BCUT2D eigenvalue weighted by Gasteiger charge is 2.26. The van der Waals surface area contributed by atoms with E-state index in [1.165, 1.54) is 43.1 Å². The molecular formula is C31H34ClN5OS. The van der Waals surface area contributed by atoms with Crippen molar-refractivity contribution < 1.29 is 4.74 Å². The lowest BCUT2D eigenvalue weighted by molar-refractivity contribution is 0.225. The summed E-state index contributed by atoms with van der Waals surface area (Å²) in [7, 11) is 0. The van der Waals surface area contributed by atoms with Crippen LogP contribution >= 0.6 is 23.4 Å². The SMILES string of the molecule is CCCCN(CCCC)c1ccc([C@H]2Nc3ccccc3-c3nnc(SCc4ccc(Cl)cc4)nc3O2)cc1. The summed E-state index contributed by atoms with van der Waals surface area (Å²) in [5.74, 6) is 1.19. The van der Waals surface area contributed by atoms with Crippen molar-refractivity contribution >= 4 is 34.7 Å². The highest BCUT2D eigenvalue weighted by atomic mass is 35.5. The minimum atomic E-state index is -0.410. The van der Waals surface area contributed by atoms with E-state index in [4.69, 9.17) is 21.3 Å². The van der Waals surface area contributed by atoms with Crippen LogP contribution < -0.4 is 15.0 Å². The predicted octanol–water partition coefficient (Wildman–Crippen LogP) is 8.39. The van der Waals surface area contributed by atoms with E-state index in [0.717, 1.165) is 40.5 Å². The molecule has 3 aromatic carbocycles. The summed E-state index contributed by atoms with van der Waals surface area (Å²) in [6, 6.07) is 24.6. The van der Waals surface area contributed by atoms with E-state index < -0.39 is 6.23 Å². The first kappa shape index (κ1) is 27.3. The molecule has 2 heterocycles. The summed E-state index contributed by atoms with van der Waals surface area (Å²) in [5.41, 5.74) is 5.92. The maximum atomic E-state index is 6.49. The van der Waals surface area contributed by atoms with Gasteiger partial charge in [0.2, 0.25) is 11.0 Å². The number of thioether (sulfide) groups is 1. The molecule has 1 aliphatic heterocycles. The number of para-hydroxylation sites is 1. The molecule has 1 aromatic heterocycles. The fourth-order valence-electron chi connectivity index (χ4n) is 4.52. The Balaban J connectivity index is 1.39. The quantitative estimate of drug-likeness (QED) is 0.185. The molecule has 1 atom stereocenters. The van der Waals surface area contributed by atoms with Crippen molar-refractivity contribution in [3.63, 3.8) is 0 Å². The Morgan fingerprint density at radius 2 is 1.62 bits per heavy atom. The van der Waals surface area contributed by atoms with Gasteiger partial charge in [-0.25, -0.2) is 0 Å². The summed E-state index contributed by atoms with van der Waals surface area (Å²) in [5, 5.41) is 13.8. The number of nitrogens with one attached hydrogen (secondary N) is 1. The van der Waals surface area contributed by atoms with Gasteiger partial charge in [0.05, 0.1) is 0 Å². The smallest absolute Gasteiger partial charge is 0.247 e. The van der Waals surface area contributed by atoms with E-state index in [2.05, 4.69) is 58.5 Å².